The number of aromatic nitrogens is 1. The second-order valence-electron chi connectivity index (χ2n) is 5.98. The van der Waals surface area contributed by atoms with Crippen molar-refractivity contribution in [1.29, 1.82) is 0 Å². The summed E-state index contributed by atoms with van der Waals surface area (Å²) in [5, 5.41) is 6.83. The molecule has 1 amide bonds. The number of nitrogens with zero attached hydrogens (tertiary/aromatic N) is 1. The molecule has 0 bridgehead atoms. The van der Waals surface area contributed by atoms with E-state index in [4.69, 9.17) is 0 Å². The Balaban J connectivity index is 1.96. The largest absolute Gasteiger partial charge is 0.316 e. The van der Waals surface area contributed by atoms with Crippen LogP contribution in [0, 0.1) is 11.8 Å². The normalized spacial score (nSPS) is 18.2. The Hall–Kier alpha value is -0.940. The van der Waals surface area contributed by atoms with E-state index in [2.05, 4.69) is 36.4 Å². The minimum absolute atomic E-state index is 0.0493. The summed E-state index contributed by atoms with van der Waals surface area (Å²) in [6.07, 6.45) is 1.86. The first-order valence-electron chi connectivity index (χ1n) is 6.36. The van der Waals surface area contributed by atoms with Gasteiger partial charge in [-0.15, -0.1) is 11.3 Å². The van der Waals surface area contributed by atoms with E-state index in [-0.39, 0.29) is 17.2 Å². The molecule has 1 unspecified atom stereocenters. The van der Waals surface area contributed by atoms with Gasteiger partial charge in [0.2, 0.25) is 5.91 Å². The molecule has 1 aliphatic heterocycles. The van der Waals surface area contributed by atoms with Crippen LogP contribution in [0.15, 0.2) is 6.20 Å². The Morgan fingerprint density at radius 3 is 2.67 bits per heavy atom. The van der Waals surface area contributed by atoms with E-state index >= 15 is 0 Å². The summed E-state index contributed by atoms with van der Waals surface area (Å²) in [5.74, 6) is 0.594. The fourth-order valence-corrected chi connectivity index (χ4v) is 2.65. The van der Waals surface area contributed by atoms with Crippen molar-refractivity contribution in [2.24, 2.45) is 11.8 Å². The van der Waals surface area contributed by atoms with Gasteiger partial charge in [-0.2, -0.15) is 0 Å². The van der Waals surface area contributed by atoms with Crippen molar-refractivity contribution in [3.63, 3.8) is 0 Å². The highest BCUT2D eigenvalue weighted by atomic mass is 32.1. The van der Waals surface area contributed by atoms with Gasteiger partial charge < -0.3 is 10.6 Å². The molecule has 1 fully saturated rings. The zero-order valence-corrected chi connectivity index (χ0v) is 12.2. The number of nitrogens with one attached hydrogen (secondary N) is 2. The van der Waals surface area contributed by atoms with E-state index in [1.807, 2.05) is 13.1 Å². The van der Waals surface area contributed by atoms with Crippen molar-refractivity contribution in [1.82, 2.24) is 10.3 Å². The van der Waals surface area contributed by atoms with Crippen LogP contribution in [0.4, 0.5) is 5.13 Å². The second kappa shape index (κ2) is 4.97. The summed E-state index contributed by atoms with van der Waals surface area (Å²) in [6.45, 7) is 10.3. The lowest BCUT2D eigenvalue weighted by atomic mass is 9.88. The third kappa shape index (κ3) is 2.90. The van der Waals surface area contributed by atoms with Crippen molar-refractivity contribution < 1.29 is 4.79 Å². The molecule has 5 heteroatoms. The minimum atomic E-state index is 0.0493. The number of thiazole rings is 1. The summed E-state index contributed by atoms with van der Waals surface area (Å²) in [7, 11) is 0. The maximum Gasteiger partial charge on any atom is 0.229 e. The summed E-state index contributed by atoms with van der Waals surface area (Å²) in [5.41, 5.74) is 0.0875. The van der Waals surface area contributed by atoms with Crippen molar-refractivity contribution >= 4 is 22.4 Å². The summed E-state index contributed by atoms with van der Waals surface area (Å²) >= 11 is 1.56. The molecule has 1 saturated heterocycles. The molecule has 0 aromatic carbocycles. The zero-order chi connectivity index (χ0) is 13.3. The highest BCUT2D eigenvalue weighted by molar-refractivity contribution is 7.15. The molecule has 2 heterocycles. The van der Waals surface area contributed by atoms with Gasteiger partial charge >= 0.3 is 0 Å². The zero-order valence-electron chi connectivity index (χ0n) is 11.4. The maximum absolute atomic E-state index is 12.0. The Morgan fingerprint density at radius 2 is 2.22 bits per heavy atom. The van der Waals surface area contributed by atoms with Gasteiger partial charge in [0.1, 0.15) is 0 Å². The van der Waals surface area contributed by atoms with Gasteiger partial charge in [0.25, 0.3) is 0 Å². The quantitative estimate of drug-likeness (QED) is 0.883. The first kappa shape index (κ1) is 13.5. The number of amides is 1. The maximum atomic E-state index is 12.0. The van der Waals surface area contributed by atoms with Gasteiger partial charge in [0.05, 0.1) is 0 Å². The number of carbonyl (C=O) groups excluding carboxylic acids is 1. The van der Waals surface area contributed by atoms with Gasteiger partial charge in [-0.3, -0.25) is 4.79 Å². The van der Waals surface area contributed by atoms with Crippen LogP contribution in [0.1, 0.15) is 32.6 Å². The van der Waals surface area contributed by atoms with Gasteiger partial charge in [-0.25, -0.2) is 4.98 Å². The first-order valence-corrected chi connectivity index (χ1v) is 7.17. The van der Waals surface area contributed by atoms with Crippen LogP contribution in [-0.2, 0) is 10.2 Å². The number of rotatable bonds is 3. The van der Waals surface area contributed by atoms with Gasteiger partial charge in [0, 0.05) is 17.0 Å². The van der Waals surface area contributed by atoms with Gasteiger partial charge in [-0.05, 0) is 24.4 Å². The van der Waals surface area contributed by atoms with Crippen LogP contribution in [0.5, 0.6) is 0 Å². The number of hydrogen-bond donors (Lipinski definition) is 2. The smallest absolute Gasteiger partial charge is 0.229 e. The van der Waals surface area contributed by atoms with Crippen LogP contribution in [0.3, 0.4) is 0 Å². The van der Waals surface area contributed by atoms with E-state index in [1.165, 1.54) is 4.88 Å². The fraction of sp³-hybridized carbons (Fsp3) is 0.692. The van der Waals surface area contributed by atoms with Crippen LogP contribution in [0.25, 0.3) is 0 Å². The van der Waals surface area contributed by atoms with Crippen LogP contribution >= 0.6 is 11.3 Å². The Labute approximate surface area is 112 Å². The average Bonchev–Trinajstić information content (AvgIpc) is 2.62. The summed E-state index contributed by atoms with van der Waals surface area (Å²) in [4.78, 5) is 17.5. The predicted octanol–water partition coefficient (Wildman–Crippen LogP) is 2.23. The van der Waals surface area contributed by atoms with Crippen LogP contribution < -0.4 is 10.6 Å². The minimum Gasteiger partial charge on any atom is -0.316 e. The van der Waals surface area contributed by atoms with Crippen molar-refractivity contribution in [3.05, 3.63) is 11.1 Å². The molecule has 2 rings (SSSR count). The lowest BCUT2D eigenvalue weighted by molar-refractivity contribution is -0.121. The Bertz CT molecular complexity index is 432. The molecule has 100 valence electrons. The molecule has 0 radical (unpaired) electrons. The summed E-state index contributed by atoms with van der Waals surface area (Å²) < 4.78 is 0. The van der Waals surface area contributed by atoms with Crippen molar-refractivity contribution in [2.75, 3.05) is 18.4 Å². The van der Waals surface area contributed by atoms with Gasteiger partial charge in [-0.1, -0.05) is 27.7 Å². The van der Waals surface area contributed by atoms with E-state index in [1.54, 1.807) is 11.3 Å². The molecule has 0 aliphatic carbocycles. The Morgan fingerprint density at radius 1 is 1.56 bits per heavy atom. The topological polar surface area (TPSA) is 54.0 Å². The molecule has 1 aliphatic rings. The average molecular weight is 267 g/mol. The molecule has 4 nitrogen and oxygen atoms in total. The number of anilines is 1. The van der Waals surface area contributed by atoms with Gasteiger partial charge in [0.15, 0.2) is 5.13 Å². The highest BCUT2D eigenvalue weighted by Gasteiger charge is 2.29. The third-order valence-corrected chi connectivity index (χ3v) is 4.75. The van der Waals surface area contributed by atoms with Crippen molar-refractivity contribution in [2.45, 2.75) is 33.1 Å². The van der Waals surface area contributed by atoms with E-state index in [0.717, 1.165) is 13.1 Å². The van der Waals surface area contributed by atoms with Crippen LogP contribution in [0.2, 0.25) is 0 Å². The molecular weight excluding hydrogens is 246 g/mol. The molecular formula is C13H21N3OS. The lowest BCUT2D eigenvalue weighted by Gasteiger charge is -2.31. The molecule has 1 aromatic rings. The van der Waals surface area contributed by atoms with E-state index in [9.17, 15) is 4.79 Å². The molecule has 1 atom stereocenters. The molecule has 1 aromatic heterocycles. The molecule has 0 spiro atoms. The third-order valence-electron chi connectivity index (χ3n) is 3.41. The molecule has 2 N–H and O–H groups in total. The predicted molar refractivity (Wildman–Crippen MR) is 75.0 cm³/mol. The van der Waals surface area contributed by atoms with E-state index in [0.29, 0.717) is 11.0 Å². The number of carbonyl (C=O) groups is 1. The van der Waals surface area contributed by atoms with E-state index < -0.39 is 0 Å². The first-order chi connectivity index (χ1) is 8.38. The lowest BCUT2D eigenvalue weighted by Crippen LogP contribution is -2.48. The van der Waals surface area contributed by atoms with Crippen LogP contribution in [-0.4, -0.2) is 24.0 Å². The monoisotopic (exact) mass is 267 g/mol. The Kier molecular flexibility index (Phi) is 3.73. The second-order valence-corrected chi connectivity index (χ2v) is 7.01. The SMILES string of the molecule is CC(C(=O)Nc1ncc(C(C)(C)C)s1)C1CNC1. The standard InChI is InChI=1S/C13H21N3OS/c1-8(9-5-14-6-9)11(17)16-12-15-7-10(18-12)13(2,3)4/h7-9,14H,5-6H2,1-4H3,(H,15,16,17). The molecule has 0 saturated carbocycles. The van der Waals surface area contributed by atoms with Crippen molar-refractivity contribution in [3.8, 4) is 0 Å². The summed E-state index contributed by atoms with van der Waals surface area (Å²) in [6, 6.07) is 0. The molecule has 18 heavy (non-hydrogen) atoms. The highest BCUT2D eigenvalue weighted by Crippen LogP contribution is 2.30. The number of hydrogen-bond acceptors (Lipinski definition) is 4. The fourth-order valence-electron chi connectivity index (χ4n) is 1.78.